The monoisotopic (exact) mass is 326 g/mol. The fraction of sp³-hybridized carbons (Fsp3) is 0.333. The molecule has 1 aromatic heterocycles. The number of fused-ring (bicyclic) bond motifs is 1. The molecule has 1 atom stereocenters. The molecule has 0 spiro atoms. The zero-order valence-corrected chi connectivity index (χ0v) is 12.2. The average molecular weight is 328 g/mol. The first-order valence-corrected chi connectivity index (χ1v) is 6.96. The molecule has 2 heterocycles. The Morgan fingerprint density at radius 2 is 2.28 bits per heavy atom. The van der Waals surface area contributed by atoms with E-state index in [1.165, 1.54) is 0 Å². The van der Waals surface area contributed by atoms with Crippen molar-refractivity contribution < 1.29 is 0 Å². The van der Waals surface area contributed by atoms with E-state index in [1.807, 2.05) is 18.2 Å². The summed E-state index contributed by atoms with van der Waals surface area (Å²) >= 11 is 9.45. The van der Waals surface area contributed by atoms with Crippen LogP contribution in [0.15, 0.2) is 22.7 Å². The molecule has 1 aliphatic heterocycles. The average Bonchev–Trinajstić information content (AvgIpc) is 2.78. The molecule has 0 saturated heterocycles. The molecule has 1 N–H and O–H groups in total. The van der Waals surface area contributed by atoms with E-state index >= 15 is 0 Å². The van der Waals surface area contributed by atoms with Crippen LogP contribution >= 0.6 is 27.5 Å². The van der Waals surface area contributed by atoms with Gasteiger partial charge in [-0.1, -0.05) is 11.6 Å². The molecular formula is C12H12BrClN4. The van der Waals surface area contributed by atoms with Crippen molar-refractivity contribution in [1.82, 2.24) is 20.1 Å². The summed E-state index contributed by atoms with van der Waals surface area (Å²) in [6.45, 7) is 3.93. The highest BCUT2D eigenvalue weighted by Crippen LogP contribution is 2.29. The van der Waals surface area contributed by atoms with Crippen LogP contribution in [0.25, 0.3) is 11.4 Å². The summed E-state index contributed by atoms with van der Waals surface area (Å²) in [4.78, 5) is 0. The van der Waals surface area contributed by atoms with Crippen LogP contribution in [0.2, 0.25) is 5.02 Å². The van der Waals surface area contributed by atoms with Crippen molar-refractivity contribution in [3.8, 4) is 11.4 Å². The first kappa shape index (κ1) is 12.1. The molecule has 0 saturated carbocycles. The minimum atomic E-state index is 0.246. The van der Waals surface area contributed by atoms with Crippen LogP contribution in [0.1, 0.15) is 18.8 Å². The highest BCUT2D eigenvalue weighted by molar-refractivity contribution is 9.10. The van der Waals surface area contributed by atoms with E-state index in [9.17, 15) is 0 Å². The second-order valence-corrected chi connectivity index (χ2v) is 5.60. The third-order valence-corrected chi connectivity index (χ3v) is 4.34. The number of hydrogen-bond acceptors (Lipinski definition) is 3. The Kier molecular flexibility index (Phi) is 3.13. The molecule has 0 aliphatic carbocycles. The largest absolute Gasteiger partial charge is 0.308 e. The molecule has 0 bridgehead atoms. The van der Waals surface area contributed by atoms with Crippen LogP contribution in [0, 0.1) is 0 Å². The van der Waals surface area contributed by atoms with E-state index in [0.29, 0.717) is 5.02 Å². The summed E-state index contributed by atoms with van der Waals surface area (Å²) < 4.78 is 3.04. The summed E-state index contributed by atoms with van der Waals surface area (Å²) in [6.07, 6.45) is 0. The van der Waals surface area contributed by atoms with E-state index in [0.717, 1.165) is 34.8 Å². The van der Waals surface area contributed by atoms with Crippen molar-refractivity contribution in [2.24, 2.45) is 0 Å². The minimum Gasteiger partial charge on any atom is -0.308 e. The molecule has 3 rings (SSSR count). The van der Waals surface area contributed by atoms with Gasteiger partial charge in [0.2, 0.25) is 0 Å². The quantitative estimate of drug-likeness (QED) is 0.875. The predicted molar refractivity (Wildman–Crippen MR) is 74.6 cm³/mol. The Bertz CT molecular complexity index is 596. The fourth-order valence-electron chi connectivity index (χ4n) is 2.19. The van der Waals surface area contributed by atoms with E-state index in [2.05, 4.69) is 42.9 Å². The van der Waals surface area contributed by atoms with Crippen LogP contribution < -0.4 is 5.32 Å². The van der Waals surface area contributed by atoms with Gasteiger partial charge in [-0.3, -0.25) is 0 Å². The third kappa shape index (κ3) is 1.96. The van der Waals surface area contributed by atoms with Crippen LogP contribution in [-0.2, 0) is 6.54 Å². The van der Waals surface area contributed by atoms with Gasteiger partial charge in [0, 0.05) is 23.1 Å². The molecule has 0 radical (unpaired) electrons. The fourth-order valence-corrected chi connectivity index (χ4v) is 2.69. The van der Waals surface area contributed by atoms with E-state index in [4.69, 9.17) is 11.6 Å². The van der Waals surface area contributed by atoms with Gasteiger partial charge in [-0.05, 0) is 41.1 Å². The Hall–Kier alpha value is -0.910. The highest BCUT2D eigenvalue weighted by Gasteiger charge is 2.22. The SMILES string of the molecule is CC1NCCn2c(-c3ccc(Cl)c(Br)c3)nnc21. The van der Waals surface area contributed by atoms with Crippen molar-refractivity contribution in [3.05, 3.63) is 33.5 Å². The zero-order valence-electron chi connectivity index (χ0n) is 9.82. The molecule has 1 unspecified atom stereocenters. The van der Waals surface area contributed by atoms with Crippen LogP contribution in [0.3, 0.4) is 0 Å². The Morgan fingerprint density at radius 1 is 1.44 bits per heavy atom. The number of halogens is 2. The topological polar surface area (TPSA) is 42.7 Å². The lowest BCUT2D eigenvalue weighted by atomic mass is 10.2. The van der Waals surface area contributed by atoms with Gasteiger partial charge >= 0.3 is 0 Å². The zero-order chi connectivity index (χ0) is 12.7. The molecular weight excluding hydrogens is 316 g/mol. The van der Waals surface area contributed by atoms with Crippen molar-refractivity contribution in [1.29, 1.82) is 0 Å². The number of hydrogen-bond donors (Lipinski definition) is 1. The van der Waals surface area contributed by atoms with Crippen molar-refractivity contribution >= 4 is 27.5 Å². The number of nitrogens with one attached hydrogen (secondary N) is 1. The van der Waals surface area contributed by atoms with Crippen LogP contribution in [0.4, 0.5) is 0 Å². The lowest BCUT2D eigenvalue weighted by Gasteiger charge is -2.21. The molecule has 2 aromatic rings. The smallest absolute Gasteiger partial charge is 0.164 e. The van der Waals surface area contributed by atoms with Crippen molar-refractivity contribution in [3.63, 3.8) is 0 Å². The van der Waals surface area contributed by atoms with Crippen LogP contribution in [-0.4, -0.2) is 21.3 Å². The maximum absolute atomic E-state index is 6.01. The van der Waals surface area contributed by atoms with Gasteiger partial charge in [0.1, 0.15) is 5.82 Å². The lowest BCUT2D eigenvalue weighted by molar-refractivity contribution is 0.439. The summed E-state index contributed by atoms with van der Waals surface area (Å²) in [5.74, 6) is 1.89. The number of rotatable bonds is 1. The third-order valence-electron chi connectivity index (χ3n) is 3.13. The second kappa shape index (κ2) is 4.64. The molecule has 1 aromatic carbocycles. The molecule has 0 amide bonds. The van der Waals surface area contributed by atoms with Crippen LogP contribution in [0.5, 0.6) is 0 Å². The van der Waals surface area contributed by atoms with E-state index in [-0.39, 0.29) is 6.04 Å². The standard InChI is InChI=1S/C12H12BrClN4/c1-7-11-16-17-12(18(11)5-4-15-7)8-2-3-10(14)9(13)6-8/h2-3,6-7,15H,4-5H2,1H3. The highest BCUT2D eigenvalue weighted by atomic mass is 79.9. The summed E-state index contributed by atoms with van der Waals surface area (Å²) in [5, 5.41) is 12.6. The number of benzene rings is 1. The van der Waals surface area contributed by atoms with Gasteiger partial charge in [0.05, 0.1) is 11.1 Å². The van der Waals surface area contributed by atoms with Gasteiger partial charge in [-0.2, -0.15) is 0 Å². The summed E-state index contributed by atoms with van der Waals surface area (Å²) in [7, 11) is 0. The normalized spacial score (nSPS) is 18.7. The number of aromatic nitrogens is 3. The Balaban J connectivity index is 2.09. The second-order valence-electron chi connectivity index (χ2n) is 4.34. The van der Waals surface area contributed by atoms with Crippen molar-refractivity contribution in [2.45, 2.75) is 19.5 Å². The lowest BCUT2D eigenvalue weighted by Crippen LogP contribution is -2.32. The van der Waals surface area contributed by atoms with Crippen molar-refractivity contribution in [2.75, 3.05) is 6.54 Å². The molecule has 4 nitrogen and oxygen atoms in total. The first-order valence-electron chi connectivity index (χ1n) is 5.78. The van der Waals surface area contributed by atoms with E-state index in [1.54, 1.807) is 0 Å². The predicted octanol–water partition coefficient (Wildman–Crippen LogP) is 3.03. The van der Waals surface area contributed by atoms with Gasteiger partial charge < -0.3 is 9.88 Å². The van der Waals surface area contributed by atoms with Gasteiger partial charge in [-0.25, -0.2) is 0 Å². The molecule has 18 heavy (non-hydrogen) atoms. The maximum atomic E-state index is 6.01. The molecule has 94 valence electrons. The summed E-state index contributed by atoms with van der Waals surface area (Å²) in [5.41, 5.74) is 1.03. The Labute approximate surface area is 118 Å². The van der Waals surface area contributed by atoms with Gasteiger partial charge in [-0.15, -0.1) is 10.2 Å². The molecule has 0 fully saturated rings. The maximum Gasteiger partial charge on any atom is 0.164 e. The first-order chi connectivity index (χ1) is 8.66. The number of nitrogens with zero attached hydrogens (tertiary/aromatic N) is 3. The van der Waals surface area contributed by atoms with Gasteiger partial charge in [0.25, 0.3) is 0 Å². The van der Waals surface area contributed by atoms with E-state index < -0.39 is 0 Å². The Morgan fingerprint density at radius 3 is 3.06 bits per heavy atom. The molecule has 1 aliphatic rings. The molecule has 6 heteroatoms. The van der Waals surface area contributed by atoms with Gasteiger partial charge in [0.15, 0.2) is 5.82 Å². The minimum absolute atomic E-state index is 0.246. The summed E-state index contributed by atoms with van der Waals surface area (Å²) in [6, 6.07) is 6.06.